The number of ether oxygens (including phenoxy) is 1. The SMILES string of the molecule is CCNC(=O)CN(CC)C(=O)C1(N)C2CCCOC2C1(C)C.Cl. The monoisotopic (exact) mass is 347 g/mol. The van der Waals surface area contributed by atoms with Crippen LogP contribution in [0, 0.1) is 11.3 Å². The molecular weight excluding hydrogens is 318 g/mol. The van der Waals surface area contributed by atoms with Gasteiger partial charge in [-0.1, -0.05) is 13.8 Å². The van der Waals surface area contributed by atoms with Gasteiger partial charge in [0.05, 0.1) is 12.6 Å². The maximum atomic E-state index is 13.1. The molecule has 0 aromatic heterocycles. The minimum atomic E-state index is -0.944. The molecule has 2 amide bonds. The summed E-state index contributed by atoms with van der Waals surface area (Å²) in [7, 11) is 0. The molecule has 0 aromatic rings. The quantitative estimate of drug-likeness (QED) is 0.774. The van der Waals surface area contributed by atoms with Crippen LogP contribution in [0.15, 0.2) is 0 Å². The summed E-state index contributed by atoms with van der Waals surface area (Å²) in [6.07, 6.45) is 1.89. The molecule has 0 radical (unpaired) electrons. The van der Waals surface area contributed by atoms with Gasteiger partial charge < -0.3 is 20.7 Å². The molecule has 134 valence electrons. The molecule has 2 rings (SSSR count). The maximum absolute atomic E-state index is 13.1. The van der Waals surface area contributed by atoms with Crippen molar-refractivity contribution in [3.05, 3.63) is 0 Å². The van der Waals surface area contributed by atoms with E-state index in [1.165, 1.54) is 0 Å². The second kappa shape index (κ2) is 7.36. The largest absolute Gasteiger partial charge is 0.377 e. The zero-order valence-corrected chi connectivity index (χ0v) is 15.4. The Morgan fingerprint density at radius 3 is 2.57 bits per heavy atom. The van der Waals surface area contributed by atoms with Crippen molar-refractivity contribution in [1.82, 2.24) is 10.2 Å². The lowest BCUT2D eigenvalue weighted by Gasteiger charge is -2.65. The molecule has 1 heterocycles. The van der Waals surface area contributed by atoms with Crippen LogP contribution in [-0.2, 0) is 14.3 Å². The van der Waals surface area contributed by atoms with Crippen LogP contribution in [0.1, 0.15) is 40.5 Å². The first-order valence-electron chi connectivity index (χ1n) is 8.27. The third kappa shape index (κ3) is 3.08. The van der Waals surface area contributed by atoms with E-state index in [1.807, 2.05) is 27.7 Å². The van der Waals surface area contributed by atoms with Crippen LogP contribution in [-0.4, -0.2) is 54.6 Å². The van der Waals surface area contributed by atoms with Gasteiger partial charge in [0.25, 0.3) is 0 Å². The predicted octanol–water partition coefficient (Wildman–Crippen LogP) is 0.925. The van der Waals surface area contributed by atoms with E-state index in [2.05, 4.69) is 5.32 Å². The highest BCUT2D eigenvalue weighted by Crippen LogP contribution is 2.57. The first-order valence-corrected chi connectivity index (χ1v) is 8.27. The normalized spacial score (nSPS) is 31.2. The Hall–Kier alpha value is -0.850. The van der Waals surface area contributed by atoms with Crippen molar-refractivity contribution in [2.75, 3.05) is 26.2 Å². The van der Waals surface area contributed by atoms with Crippen LogP contribution in [0.3, 0.4) is 0 Å². The molecule has 2 fully saturated rings. The molecule has 3 N–H and O–H groups in total. The summed E-state index contributed by atoms with van der Waals surface area (Å²) in [4.78, 5) is 26.4. The van der Waals surface area contributed by atoms with Crippen LogP contribution in [0.2, 0.25) is 0 Å². The van der Waals surface area contributed by atoms with Gasteiger partial charge in [0.1, 0.15) is 5.54 Å². The van der Waals surface area contributed by atoms with Crippen molar-refractivity contribution in [2.24, 2.45) is 17.1 Å². The number of nitrogens with one attached hydrogen (secondary N) is 1. The third-order valence-electron chi connectivity index (χ3n) is 5.42. The summed E-state index contributed by atoms with van der Waals surface area (Å²) >= 11 is 0. The Labute approximate surface area is 144 Å². The van der Waals surface area contributed by atoms with Crippen molar-refractivity contribution >= 4 is 24.2 Å². The average molecular weight is 348 g/mol. The van der Waals surface area contributed by atoms with Gasteiger partial charge in [0.2, 0.25) is 11.8 Å². The van der Waals surface area contributed by atoms with Gasteiger partial charge >= 0.3 is 0 Å². The Balaban J connectivity index is 0.00000264. The lowest BCUT2D eigenvalue weighted by molar-refractivity contribution is -0.230. The molecule has 0 spiro atoms. The van der Waals surface area contributed by atoms with E-state index in [-0.39, 0.29) is 42.8 Å². The van der Waals surface area contributed by atoms with E-state index in [4.69, 9.17) is 10.5 Å². The zero-order chi connectivity index (χ0) is 16.5. The summed E-state index contributed by atoms with van der Waals surface area (Å²) < 4.78 is 5.84. The Kier molecular flexibility index (Phi) is 6.47. The fraction of sp³-hybridized carbons (Fsp3) is 0.875. The highest BCUT2D eigenvalue weighted by Gasteiger charge is 2.70. The summed E-state index contributed by atoms with van der Waals surface area (Å²) in [5, 5.41) is 2.73. The molecule has 23 heavy (non-hydrogen) atoms. The molecule has 3 atom stereocenters. The minimum absolute atomic E-state index is 0. The van der Waals surface area contributed by atoms with Crippen LogP contribution in [0.25, 0.3) is 0 Å². The topological polar surface area (TPSA) is 84.7 Å². The first kappa shape index (κ1) is 20.2. The number of carbonyl (C=O) groups excluding carboxylic acids is 2. The van der Waals surface area contributed by atoms with Crippen molar-refractivity contribution in [3.8, 4) is 0 Å². The fourth-order valence-corrected chi connectivity index (χ4v) is 4.03. The number of halogens is 1. The van der Waals surface area contributed by atoms with Gasteiger partial charge in [0, 0.05) is 31.0 Å². The highest BCUT2D eigenvalue weighted by atomic mass is 35.5. The number of rotatable bonds is 5. The summed E-state index contributed by atoms with van der Waals surface area (Å²) in [5.41, 5.74) is 5.25. The summed E-state index contributed by atoms with van der Waals surface area (Å²) in [6.45, 7) is 9.57. The number of nitrogens with two attached hydrogens (primary N) is 1. The standard InChI is InChI=1S/C16H29N3O3.ClH/c1-5-18-12(20)10-19(6-2)14(21)16(17)11-8-7-9-22-13(11)15(16,3)4;/h11,13H,5-10,17H2,1-4H3,(H,18,20);1H. The predicted molar refractivity (Wildman–Crippen MR) is 91.3 cm³/mol. The van der Waals surface area contributed by atoms with Gasteiger partial charge in [-0.3, -0.25) is 9.59 Å². The van der Waals surface area contributed by atoms with E-state index in [1.54, 1.807) is 4.90 Å². The molecule has 1 saturated heterocycles. The summed E-state index contributed by atoms with van der Waals surface area (Å²) in [6, 6.07) is 0. The highest BCUT2D eigenvalue weighted by molar-refractivity contribution is 5.92. The molecule has 3 unspecified atom stereocenters. The second-order valence-corrected chi connectivity index (χ2v) is 6.90. The van der Waals surface area contributed by atoms with E-state index in [9.17, 15) is 9.59 Å². The van der Waals surface area contributed by atoms with Crippen LogP contribution in [0.5, 0.6) is 0 Å². The molecule has 1 aliphatic heterocycles. The number of likely N-dealkylation sites (N-methyl/N-ethyl adjacent to an activating group) is 2. The minimum Gasteiger partial charge on any atom is -0.377 e. The Bertz CT molecular complexity index is 458. The fourth-order valence-electron chi connectivity index (χ4n) is 4.03. The van der Waals surface area contributed by atoms with Crippen molar-refractivity contribution in [2.45, 2.75) is 52.2 Å². The number of hydrogen-bond donors (Lipinski definition) is 2. The van der Waals surface area contributed by atoms with E-state index >= 15 is 0 Å². The molecule has 1 saturated carbocycles. The lowest BCUT2D eigenvalue weighted by Crippen LogP contribution is -2.82. The van der Waals surface area contributed by atoms with Gasteiger partial charge in [-0.05, 0) is 26.7 Å². The van der Waals surface area contributed by atoms with E-state index in [0.29, 0.717) is 13.1 Å². The Morgan fingerprint density at radius 2 is 2.00 bits per heavy atom. The van der Waals surface area contributed by atoms with Gasteiger partial charge in [-0.25, -0.2) is 0 Å². The van der Waals surface area contributed by atoms with Crippen LogP contribution < -0.4 is 11.1 Å². The van der Waals surface area contributed by atoms with Gasteiger partial charge in [0.15, 0.2) is 0 Å². The molecular formula is C16H30ClN3O3. The third-order valence-corrected chi connectivity index (χ3v) is 5.42. The Morgan fingerprint density at radius 1 is 1.35 bits per heavy atom. The second-order valence-electron chi connectivity index (χ2n) is 6.90. The van der Waals surface area contributed by atoms with Gasteiger partial charge in [-0.2, -0.15) is 0 Å². The number of hydrogen-bond acceptors (Lipinski definition) is 4. The molecule has 7 heteroatoms. The number of amides is 2. The number of nitrogens with zero attached hydrogens (tertiary/aromatic N) is 1. The lowest BCUT2D eigenvalue weighted by atomic mass is 9.46. The summed E-state index contributed by atoms with van der Waals surface area (Å²) in [5.74, 6) is -0.222. The molecule has 2 aliphatic rings. The molecule has 0 bridgehead atoms. The van der Waals surface area contributed by atoms with Crippen molar-refractivity contribution in [3.63, 3.8) is 0 Å². The first-order chi connectivity index (χ1) is 10.3. The van der Waals surface area contributed by atoms with Crippen LogP contribution in [0.4, 0.5) is 0 Å². The van der Waals surface area contributed by atoms with Crippen LogP contribution >= 0.6 is 12.4 Å². The van der Waals surface area contributed by atoms with E-state index < -0.39 is 11.0 Å². The molecule has 1 aliphatic carbocycles. The maximum Gasteiger partial charge on any atom is 0.244 e. The number of fused-ring (bicyclic) bond motifs is 1. The van der Waals surface area contributed by atoms with Crippen molar-refractivity contribution in [1.29, 1.82) is 0 Å². The molecule has 6 nitrogen and oxygen atoms in total. The average Bonchev–Trinajstić information content (AvgIpc) is 2.51. The van der Waals surface area contributed by atoms with Gasteiger partial charge in [-0.15, -0.1) is 12.4 Å². The smallest absolute Gasteiger partial charge is 0.244 e. The van der Waals surface area contributed by atoms with Crippen molar-refractivity contribution < 1.29 is 14.3 Å². The zero-order valence-electron chi connectivity index (χ0n) is 14.6. The van der Waals surface area contributed by atoms with E-state index in [0.717, 1.165) is 19.4 Å². The number of carbonyl (C=O) groups is 2. The molecule has 0 aromatic carbocycles.